The summed E-state index contributed by atoms with van der Waals surface area (Å²) in [7, 11) is 0. The third-order valence-electron chi connectivity index (χ3n) is 11.2. The van der Waals surface area contributed by atoms with Gasteiger partial charge in [0.2, 0.25) is 0 Å². The summed E-state index contributed by atoms with van der Waals surface area (Å²) < 4.78 is 71.2. The number of carbonyl (C=O) groups excluding carboxylic acids is 3. The van der Waals surface area contributed by atoms with Crippen LogP contribution in [0.5, 0.6) is 0 Å². The van der Waals surface area contributed by atoms with Crippen LogP contribution in [0.3, 0.4) is 0 Å². The Balaban J connectivity index is 1.37. The van der Waals surface area contributed by atoms with Crippen LogP contribution >= 0.6 is 0 Å². The second kappa shape index (κ2) is 26.5. The van der Waals surface area contributed by atoms with Crippen LogP contribution in [0.2, 0.25) is 0 Å². The van der Waals surface area contributed by atoms with Crippen LogP contribution in [0.25, 0.3) is 0 Å². The first-order valence-electron chi connectivity index (χ1n) is 23.2. The van der Waals surface area contributed by atoms with Gasteiger partial charge in [-0.05, 0) is 55.9 Å². The van der Waals surface area contributed by atoms with Crippen LogP contribution in [0, 0.1) is 5.41 Å². The number of ether oxygens (including phenoxy) is 11. The van der Waals surface area contributed by atoms with E-state index in [-0.39, 0.29) is 46.2 Å². The lowest BCUT2D eigenvalue weighted by Gasteiger charge is -2.47. The summed E-state index contributed by atoms with van der Waals surface area (Å²) in [5, 5.41) is 0. The Kier molecular flexibility index (Phi) is 20.3. The summed E-state index contributed by atoms with van der Waals surface area (Å²) in [6.07, 6.45) is -7.37. The van der Waals surface area contributed by atoms with Gasteiger partial charge >= 0.3 is 17.9 Å². The van der Waals surface area contributed by atoms with Gasteiger partial charge in [-0.2, -0.15) is 0 Å². The first kappa shape index (κ1) is 52.1. The second-order valence-electron chi connectivity index (χ2n) is 17.8. The van der Waals surface area contributed by atoms with Gasteiger partial charge < -0.3 is 52.1 Å². The van der Waals surface area contributed by atoms with E-state index >= 15 is 0 Å². The fourth-order valence-electron chi connectivity index (χ4n) is 7.70. The molecule has 14 heteroatoms. The Morgan fingerprint density at radius 1 is 0.515 bits per heavy atom. The molecule has 6 rings (SSSR count). The maximum Gasteiger partial charge on any atom is 0.311 e. The molecule has 0 aliphatic carbocycles. The highest BCUT2D eigenvalue weighted by Gasteiger charge is 2.54. The topological polar surface area (TPSA) is 153 Å². The monoisotopic (exact) mass is 938 g/mol. The van der Waals surface area contributed by atoms with Crippen LogP contribution in [-0.2, 0) is 92.9 Å². The van der Waals surface area contributed by atoms with E-state index in [2.05, 4.69) is 6.58 Å². The average molecular weight is 939 g/mol. The number of benzene rings is 4. The third kappa shape index (κ3) is 15.9. The van der Waals surface area contributed by atoms with Gasteiger partial charge in [-0.1, -0.05) is 127 Å². The Morgan fingerprint density at radius 3 is 1.31 bits per heavy atom. The maximum atomic E-state index is 13.8. The molecule has 4 aromatic carbocycles. The fourth-order valence-corrected chi connectivity index (χ4v) is 7.70. The van der Waals surface area contributed by atoms with E-state index < -0.39 is 84.7 Å². The van der Waals surface area contributed by atoms with Gasteiger partial charge in [-0.3, -0.25) is 14.4 Å². The molecule has 366 valence electrons. The molecule has 0 saturated carbocycles. The molecule has 68 heavy (non-hydrogen) atoms. The van der Waals surface area contributed by atoms with Crippen molar-refractivity contribution in [2.75, 3.05) is 19.8 Å². The highest BCUT2D eigenvalue weighted by molar-refractivity contribution is 5.75. The van der Waals surface area contributed by atoms with Crippen molar-refractivity contribution in [3.05, 3.63) is 156 Å². The molecule has 0 spiro atoms. The van der Waals surface area contributed by atoms with Crippen molar-refractivity contribution in [2.45, 2.75) is 135 Å². The largest absolute Gasteiger partial charge is 0.463 e. The van der Waals surface area contributed by atoms with Crippen molar-refractivity contribution < 1.29 is 66.5 Å². The van der Waals surface area contributed by atoms with Gasteiger partial charge in [0.25, 0.3) is 0 Å². The molecule has 0 aromatic heterocycles. The summed E-state index contributed by atoms with van der Waals surface area (Å²) in [5.41, 5.74) is 2.59. The SMILES string of the molecule is C=CCCCO[C@@H]1O[C@H](CO[C@H]2O[C@H](COC(C)=O)[C@@H](OCc3ccccc3)[C@H](OCc3ccccc3)[C@@H]2OC(C)=O)[C@@H](OCc2ccccc2)[C@H](OCc2ccccc2)[C@H]1OC(=O)C(C)(C)C. The molecule has 0 N–H and O–H groups in total. The smallest absolute Gasteiger partial charge is 0.311 e. The number of hydrogen-bond donors (Lipinski definition) is 0. The molecule has 2 aliphatic heterocycles. The molecular weight excluding hydrogens is 873 g/mol. The van der Waals surface area contributed by atoms with Gasteiger partial charge in [0.15, 0.2) is 24.8 Å². The van der Waals surface area contributed by atoms with Crippen LogP contribution in [0.4, 0.5) is 0 Å². The molecule has 0 amide bonds. The highest BCUT2D eigenvalue weighted by Crippen LogP contribution is 2.35. The lowest BCUT2D eigenvalue weighted by Crippen LogP contribution is -2.64. The van der Waals surface area contributed by atoms with E-state index in [4.69, 9.17) is 52.1 Å². The quantitative estimate of drug-likeness (QED) is 0.0287. The van der Waals surface area contributed by atoms with Crippen molar-refractivity contribution in [3.63, 3.8) is 0 Å². The number of esters is 3. The molecule has 0 radical (unpaired) electrons. The van der Waals surface area contributed by atoms with Crippen molar-refractivity contribution >= 4 is 17.9 Å². The van der Waals surface area contributed by atoms with Crippen LogP contribution in [-0.4, -0.2) is 99.1 Å². The molecule has 2 heterocycles. The molecule has 2 fully saturated rings. The van der Waals surface area contributed by atoms with Crippen molar-refractivity contribution in [2.24, 2.45) is 5.41 Å². The van der Waals surface area contributed by atoms with Gasteiger partial charge in [0.1, 0.15) is 43.2 Å². The number of carbonyl (C=O) groups is 3. The average Bonchev–Trinajstić information content (AvgIpc) is 3.33. The fraction of sp³-hybridized carbons (Fsp3) is 0.463. The summed E-state index contributed by atoms with van der Waals surface area (Å²) in [4.78, 5) is 39.1. The Labute approximate surface area is 400 Å². The summed E-state index contributed by atoms with van der Waals surface area (Å²) >= 11 is 0. The third-order valence-corrected chi connectivity index (χ3v) is 11.2. The number of rotatable bonds is 24. The Hall–Kier alpha value is -5.29. The normalized spacial score (nSPS) is 25.0. The molecule has 10 atom stereocenters. The van der Waals surface area contributed by atoms with Gasteiger partial charge in [0.05, 0.1) is 45.1 Å². The van der Waals surface area contributed by atoms with Gasteiger partial charge in [-0.25, -0.2) is 0 Å². The zero-order valence-electron chi connectivity index (χ0n) is 39.7. The van der Waals surface area contributed by atoms with Gasteiger partial charge in [0, 0.05) is 13.8 Å². The van der Waals surface area contributed by atoms with Crippen molar-refractivity contribution in [3.8, 4) is 0 Å². The number of hydrogen-bond acceptors (Lipinski definition) is 14. The molecular formula is C54H66O14. The Bertz CT molecular complexity index is 2120. The summed E-state index contributed by atoms with van der Waals surface area (Å²) in [6, 6.07) is 38.3. The Morgan fingerprint density at radius 2 is 0.912 bits per heavy atom. The van der Waals surface area contributed by atoms with E-state index in [1.807, 2.05) is 121 Å². The first-order chi connectivity index (χ1) is 32.9. The van der Waals surface area contributed by atoms with Crippen LogP contribution in [0.1, 0.15) is 69.7 Å². The van der Waals surface area contributed by atoms with E-state index in [0.29, 0.717) is 12.8 Å². The molecule has 2 aliphatic rings. The summed E-state index contributed by atoms with van der Waals surface area (Å²) in [5.74, 6) is -1.64. The second-order valence-corrected chi connectivity index (χ2v) is 17.8. The minimum atomic E-state index is -1.32. The molecule has 0 unspecified atom stereocenters. The predicted molar refractivity (Wildman–Crippen MR) is 250 cm³/mol. The van der Waals surface area contributed by atoms with Crippen LogP contribution in [0.15, 0.2) is 134 Å². The molecule has 2 saturated heterocycles. The molecule has 4 aromatic rings. The standard InChI is InChI=1S/C54H66O14/c1-7-8-21-30-58-51-50(68-53(57)54(4,5)6)48(63-34-42-28-19-12-20-29-42)46(61-32-40-24-15-10-16-25-40)44(66-51)36-64-52-49(65-38(3)56)47(62-33-41-26-17-11-18-27-41)45(43(67-52)35-59-37(2)55)60-31-39-22-13-9-14-23-39/h7,9-20,22-29,43-52H,1,8,21,30-36H2,2-6H3/t43-,44-,45-,46-,47+,48+,49+,50-,51-,52+/m1/s1. The van der Waals surface area contributed by atoms with Crippen molar-refractivity contribution in [1.29, 1.82) is 0 Å². The zero-order chi connectivity index (χ0) is 48.3. The maximum absolute atomic E-state index is 13.8. The zero-order valence-corrected chi connectivity index (χ0v) is 39.7. The van der Waals surface area contributed by atoms with E-state index in [9.17, 15) is 14.4 Å². The minimum absolute atomic E-state index is 0.114. The van der Waals surface area contributed by atoms with Gasteiger partial charge in [-0.15, -0.1) is 6.58 Å². The van der Waals surface area contributed by atoms with E-state index in [1.165, 1.54) is 13.8 Å². The first-order valence-corrected chi connectivity index (χ1v) is 23.2. The number of allylic oxidation sites excluding steroid dienone is 1. The van der Waals surface area contributed by atoms with Crippen LogP contribution < -0.4 is 0 Å². The number of unbranched alkanes of at least 4 members (excludes halogenated alkanes) is 1. The lowest BCUT2D eigenvalue weighted by atomic mass is 9.95. The molecule has 0 bridgehead atoms. The van der Waals surface area contributed by atoms with Crippen molar-refractivity contribution in [1.82, 2.24) is 0 Å². The molecule has 14 nitrogen and oxygen atoms in total. The predicted octanol–water partition coefficient (Wildman–Crippen LogP) is 8.23. The van der Waals surface area contributed by atoms with E-state index in [0.717, 1.165) is 22.3 Å². The summed E-state index contributed by atoms with van der Waals surface area (Å²) in [6.45, 7) is 12.1. The minimum Gasteiger partial charge on any atom is -0.463 e. The lowest BCUT2D eigenvalue weighted by molar-refractivity contribution is -0.346. The van der Waals surface area contributed by atoms with E-state index in [1.54, 1.807) is 26.8 Å². The highest BCUT2D eigenvalue weighted by atomic mass is 16.8.